The van der Waals surface area contributed by atoms with Gasteiger partial charge in [-0.15, -0.1) is 0 Å². The van der Waals surface area contributed by atoms with Gasteiger partial charge < -0.3 is 23.8 Å². The van der Waals surface area contributed by atoms with Crippen molar-refractivity contribution in [3.05, 3.63) is 48.6 Å². The summed E-state index contributed by atoms with van der Waals surface area (Å²) in [5.41, 5.74) is 0. The molecule has 2 atom stereocenters. The van der Waals surface area contributed by atoms with Crippen molar-refractivity contribution in [2.24, 2.45) is 0 Å². The number of unbranched alkanes of at least 4 members (excludes halogenated alkanes) is 13. The van der Waals surface area contributed by atoms with Crippen molar-refractivity contribution in [3.8, 4) is 0 Å². The average molecular weight is 719 g/mol. The van der Waals surface area contributed by atoms with Crippen molar-refractivity contribution in [3.63, 3.8) is 0 Å². The number of esters is 2. The maximum atomic E-state index is 12.6. The molecule has 0 aliphatic carbocycles. The van der Waals surface area contributed by atoms with Crippen LogP contribution in [-0.4, -0.2) is 80.6 Å². The molecule has 1 N–H and O–H groups in total. The molecule has 51 heavy (non-hydrogen) atoms. The number of carbonyl (C=O) groups excluding carboxylic acids is 2. The van der Waals surface area contributed by atoms with Gasteiger partial charge in [-0.05, 0) is 64.2 Å². The lowest BCUT2D eigenvalue weighted by Gasteiger charge is -2.31. The average Bonchev–Trinajstić information content (AvgIpc) is 3.08. The van der Waals surface area contributed by atoms with Crippen molar-refractivity contribution in [2.45, 2.75) is 167 Å². The lowest BCUT2D eigenvalue weighted by atomic mass is 10.1. The lowest BCUT2D eigenvalue weighted by Crippen LogP contribution is -2.50. The van der Waals surface area contributed by atoms with E-state index in [0.717, 1.165) is 57.8 Å². The third-order valence-electron chi connectivity index (χ3n) is 8.70. The topological polar surface area (TPSA) is 99.1 Å². The molecule has 0 saturated carbocycles. The first-order valence-corrected chi connectivity index (χ1v) is 20.2. The fourth-order valence-corrected chi connectivity index (χ4v) is 5.50. The molecule has 0 amide bonds. The number of carboxylic acids is 1. The predicted molar refractivity (Wildman–Crippen MR) is 211 cm³/mol. The van der Waals surface area contributed by atoms with E-state index < -0.39 is 18.1 Å². The normalized spacial score (nSPS) is 13.5. The van der Waals surface area contributed by atoms with E-state index in [9.17, 15) is 19.5 Å². The van der Waals surface area contributed by atoms with Crippen molar-refractivity contribution >= 4 is 17.9 Å². The van der Waals surface area contributed by atoms with Gasteiger partial charge >= 0.3 is 17.9 Å². The number of carboxylic acid groups (broad SMARTS) is 1. The van der Waals surface area contributed by atoms with Crippen molar-refractivity contribution in [2.75, 3.05) is 41.0 Å². The Kier molecular flexibility index (Phi) is 32.6. The maximum Gasteiger partial charge on any atom is 0.362 e. The second kappa shape index (κ2) is 34.4. The highest BCUT2D eigenvalue weighted by molar-refractivity contribution is 5.72. The summed E-state index contributed by atoms with van der Waals surface area (Å²) in [6, 6.07) is -0.624. The first-order valence-electron chi connectivity index (χ1n) is 20.2. The fraction of sp³-hybridized carbons (Fsp3) is 0.744. The molecule has 8 nitrogen and oxygen atoms in total. The van der Waals surface area contributed by atoms with E-state index in [2.05, 4.69) is 62.5 Å². The number of likely N-dealkylation sites (N-methyl/N-ethyl adjacent to an activating group) is 1. The number of nitrogens with zero attached hydrogens (tertiary/aromatic N) is 1. The quantitative estimate of drug-likeness (QED) is 0.0301. The second-order valence-corrected chi connectivity index (χ2v) is 14.5. The molecule has 0 aromatic carbocycles. The number of quaternary nitrogens is 1. The Morgan fingerprint density at radius 3 is 1.67 bits per heavy atom. The molecular weight excluding hydrogens is 642 g/mol. The molecule has 0 heterocycles. The smallest absolute Gasteiger partial charge is 0.362 e. The van der Waals surface area contributed by atoms with Gasteiger partial charge in [0.2, 0.25) is 0 Å². The summed E-state index contributed by atoms with van der Waals surface area (Å²) in [4.78, 5) is 36.8. The number of aliphatic carboxylic acids is 1. The number of allylic oxidation sites excluding steroid dienone is 8. The molecule has 0 aliphatic heterocycles. The van der Waals surface area contributed by atoms with Gasteiger partial charge in [-0.3, -0.25) is 9.59 Å². The first-order chi connectivity index (χ1) is 24.6. The van der Waals surface area contributed by atoms with E-state index in [1.165, 1.54) is 57.8 Å². The summed E-state index contributed by atoms with van der Waals surface area (Å²) < 4.78 is 17.1. The molecule has 0 bridgehead atoms. The fourth-order valence-electron chi connectivity index (χ4n) is 5.50. The SMILES string of the molecule is CCCC/C=C/CCCCCCC(=O)OCC(COCCC(C(=O)O)[N+](C)(C)C)OC(=O)CCC/C=C/C/C=C/C/C=C/CCCCCCCC. The van der Waals surface area contributed by atoms with Gasteiger partial charge in [-0.2, -0.15) is 0 Å². The minimum atomic E-state index is -0.886. The van der Waals surface area contributed by atoms with Crippen molar-refractivity contribution in [1.29, 1.82) is 0 Å². The molecule has 0 spiro atoms. The van der Waals surface area contributed by atoms with E-state index in [1.807, 2.05) is 21.1 Å². The van der Waals surface area contributed by atoms with Gasteiger partial charge in [0.05, 0.1) is 34.4 Å². The van der Waals surface area contributed by atoms with E-state index in [0.29, 0.717) is 19.3 Å². The highest BCUT2D eigenvalue weighted by Crippen LogP contribution is 2.12. The number of rotatable bonds is 35. The van der Waals surface area contributed by atoms with Gasteiger partial charge in [-0.25, -0.2) is 4.79 Å². The van der Waals surface area contributed by atoms with Gasteiger partial charge in [0.1, 0.15) is 6.61 Å². The minimum absolute atomic E-state index is 0.0365. The second-order valence-electron chi connectivity index (χ2n) is 14.5. The van der Waals surface area contributed by atoms with E-state index in [-0.39, 0.29) is 42.7 Å². The van der Waals surface area contributed by atoms with Crippen LogP contribution in [0.5, 0.6) is 0 Å². The van der Waals surface area contributed by atoms with Crippen LogP contribution in [0, 0.1) is 0 Å². The van der Waals surface area contributed by atoms with Crippen LogP contribution in [0.25, 0.3) is 0 Å². The molecule has 294 valence electrons. The zero-order chi connectivity index (χ0) is 37.8. The molecule has 0 radical (unpaired) electrons. The third-order valence-corrected chi connectivity index (χ3v) is 8.70. The van der Waals surface area contributed by atoms with E-state index in [4.69, 9.17) is 14.2 Å². The largest absolute Gasteiger partial charge is 0.477 e. The Morgan fingerprint density at radius 2 is 1.08 bits per heavy atom. The van der Waals surface area contributed by atoms with Crippen LogP contribution >= 0.6 is 0 Å². The van der Waals surface area contributed by atoms with Crippen molar-refractivity contribution in [1.82, 2.24) is 0 Å². The molecule has 0 aromatic heterocycles. The Balaban J connectivity index is 4.49. The molecule has 0 aromatic rings. The Bertz CT molecular complexity index is 979. The third kappa shape index (κ3) is 32.9. The molecule has 8 heteroatoms. The molecule has 0 aliphatic rings. The van der Waals surface area contributed by atoms with Crippen LogP contribution in [-0.2, 0) is 28.6 Å². The van der Waals surface area contributed by atoms with Gasteiger partial charge in [-0.1, -0.05) is 120 Å². The summed E-state index contributed by atoms with van der Waals surface area (Å²) in [5, 5.41) is 9.58. The highest BCUT2D eigenvalue weighted by Gasteiger charge is 2.31. The Labute approximate surface area is 312 Å². The molecule has 0 fully saturated rings. The zero-order valence-corrected chi connectivity index (χ0v) is 33.3. The van der Waals surface area contributed by atoms with Crippen LogP contribution in [0.3, 0.4) is 0 Å². The van der Waals surface area contributed by atoms with Crippen LogP contribution in [0.4, 0.5) is 0 Å². The summed E-state index contributed by atoms with van der Waals surface area (Å²) in [5.74, 6) is -1.56. The van der Waals surface area contributed by atoms with Crippen LogP contribution in [0.1, 0.15) is 155 Å². The Hall–Kier alpha value is -2.71. The minimum Gasteiger partial charge on any atom is -0.477 e. The zero-order valence-electron chi connectivity index (χ0n) is 33.3. The molecular formula is C43H76NO7+. The standard InChI is InChI=1S/C43H75NO7/c1-6-8-10-12-14-16-18-19-20-21-22-23-24-26-28-30-32-34-42(46)51-39(37-49-36-35-40(43(47)48)44(3,4)5)38-50-41(45)33-31-29-27-25-17-15-13-11-9-7-2/h13,15,19-20,22-23,26,28,39-40H,6-12,14,16-18,21,24-25,27,29-38H2,1-5H3/p+1/b15-13+,20-19+,23-22+,28-26+. The molecule has 0 saturated heterocycles. The first kappa shape index (κ1) is 48.3. The predicted octanol–water partition coefficient (Wildman–Crippen LogP) is 10.5. The van der Waals surface area contributed by atoms with E-state index >= 15 is 0 Å². The molecule has 2 unspecified atom stereocenters. The van der Waals surface area contributed by atoms with Crippen LogP contribution in [0.2, 0.25) is 0 Å². The Morgan fingerprint density at radius 1 is 0.588 bits per heavy atom. The van der Waals surface area contributed by atoms with Crippen LogP contribution < -0.4 is 0 Å². The molecule has 0 rings (SSSR count). The number of ether oxygens (including phenoxy) is 3. The number of hydrogen-bond acceptors (Lipinski definition) is 6. The van der Waals surface area contributed by atoms with Gasteiger partial charge in [0.15, 0.2) is 12.1 Å². The summed E-state index contributed by atoms with van der Waals surface area (Å²) in [6.07, 6.45) is 38.8. The summed E-state index contributed by atoms with van der Waals surface area (Å²) >= 11 is 0. The van der Waals surface area contributed by atoms with Gasteiger partial charge in [0, 0.05) is 19.3 Å². The number of carbonyl (C=O) groups is 3. The van der Waals surface area contributed by atoms with Crippen molar-refractivity contribution < 1.29 is 38.2 Å². The number of hydrogen-bond donors (Lipinski definition) is 1. The lowest BCUT2D eigenvalue weighted by molar-refractivity contribution is -0.887. The highest BCUT2D eigenvalue weighted by atomic mass is 16.6. The summed E-state index contributed by atoms with van der Waals surface area (Å²) in [7, 11) is 5.49. The monoisotopic (exact) mass is 719 g/mol. The van der Waals surface area contributed by atoms with Crippen LogP contribution in [0.15, 0.2) is 48.6 Å². The maximum absolute atomic E-state index is 12.6. The van der Waals surface area contributed by atoms with E-state index in [1.54, 1.807) is 0 Å². The van der Waals surface area contributed by atoms with Gasteiger partial charge in [0.25, 0.3) is 0 Å². The summed E-state index contributed by atoms with van der Waals surface area (Å²) in [6.45, 7) is 4.60.